The lowest BCUT2D eigenvalue weighted by Crippen LogP contribution is -2.40. The summed E-state index contributed by atoms with van der Waals surface area (Å²) in [5.74, 6) is 0.565. The minimum atomic E-state index is -0.357. The van der Waals surface area contributed by atoms with Crippen LogP contribution in [0.15, 0.2) is 42.6 Å². The predicted octanol–water partition coefficient (Wildman–Crippen LogP) is 3.28. The van der Waals surface area contributed by atoms with Crippen molar-refractivity contribution >= 4 is 17.5 Å². The molecule has 1 aliphatic heterocycles. The summed E-state index contributed by atoms with van der Waals surface area (Å²) in [5, 5.41) is 14.7. The van der Waals surface area contributed by atoms with E-state index >= 15 is 0 Å². The van der Waals surface area contributed by atoms with Crippen molar-refractivity contribution in [2.24, 2.45) is 0 Å². The Morgan fingerprint density at radius 2 is 2.04 bits per heavy atom. The molecule has 3 N–H and O–H groups in total. The van der Waals surface area contributed by atoms with Crippen LogP contribution in [-0.2, 0) is 6.54 Å². The highest BCUT2D eigenvalue weighted by Crippen LogP contribution is 2.25. The summed E-state index contributed by atoms with van der Waals surface area (Å²) in [6.45, 7) is 1.49. The number of nitrogens with one attached hydrogen (secondary N) is 2. The molecule has 2 heterocycles. The predicted molar refractivity (Wildman–Crippen MR) is 103 cm³/mol. The van der Waals surface area contributed by atoms with E-state index in [1.165, 1.54) is 30.7 Å². The molecule has 0 aliphatic carbocycles. The Kier molecular flexibility index (Phi) is 6.59. The number of pyridine rings is 1. The molecule has 0 spiro atoms. The van der Waals surface area contributed by atoms with E-state index in [1.54, 1.807) is 6.20 Å². The summed E-state index contributed by atoms with van der Waals surface area (Å²) in [6, 6.07) is 9.49. The van der Waals surface area contributed by atoms with E-state index in [2.05, 4.69) is 20.5 Å². The van der Waals surface area contributed by atoms with E-state index in [4.69, 9.17) is 0 Å². The highest BCUT2D eigenvalue weighted by Gasteiger charge is 2.22. The number of aliphatic hydroxyl groups excluding tert-OH is 1. The Balaban J connectivity index is 1.52. The molecule has 27 heavy (non-hydrogen) atoms. The first-order valence-corrected chi connectivity index (χ1v) is 9.28. The van der Waals surface area contributed by atoms with Crippen LogP contribution in [0.3, 0.4) is 0 Å². The lowest BCUT2D eigenvalue weighted by atomic mass is 9.99. The van der Waals surface area contributed by atoms with Crippen molar-refractivity contribution in [1.29, 1.82) is 0 Å². The number of urea groups is 1. The second-order valence-corrected chi connectivity index (χ2v) is 6.69. The molecule has 1 fully saturated rings. The Bertz CT molecular complexity index is 735. The third-order valence-corrected chi connectivity index (χ3v) is 4.75. The van der Waals surface area contributed by atoms with Gasteiger partial charge in [0, 0.05) is 37.6 Å². The summed E-state index contributed by atoms with van der Waals surface area (Å²) in [5.41, 5.74) is 1.42. The molecule has 2 amide bonds. The van der Waals surface area contributed by atoms with Crippen molar-refractivity contribution in [3.8, 4) is 0 Å². The van der Waals surface area contributed by atoms with Gasteiger partial charge in [0.15, 0.2) is 0 Å². The number of anilines is 2. The third-order valence-electron chi connectivity index (χ3n) is 4.75. The van der Waals surface area contributed by atoms with Crippen LogP contribution in [0.2, 0.25) is 0 Å². The maximum atomic E-state index is 12.9. The Labute approximate surface area is 158 Å². The fraction of sp³-hybridized carbons (Fsp3) is 0.400. The molecule has 6 nitrogen and oxygen atoms in total. The standard InChI is InChI=1S/C20H25FN4O2/c21-16-5-7-17(8-6-16)24-20(27)23-14-15-4-9-19(22-13-15)25-11-2-1-3-18(25)10-12-26/h4-9,13,18,26H,1-3,10-12,14H2,(H2,23,24,27)/t18-/m1/s1. The summed E-state index contributed by atoms with van der Waals surface area (Å²) in [6.07, 6.45) is 5.92. The number of hydrogen-bond donors (Lipinski definition) is 3. The molecule has 144 valence electrons. The van der Waals surface area contributed by atoms with Gasteiger partial charge in [0.05, 0.1) is 0 Å². The van der Waals surface area contributed by atoms with Gasteiger partial charge in [0.25, 0.3) is 0 Å². The van der Waals surface area contributed by atoms with Crippen LogP contribution in [0.1, 0.15) is 31.2 Å². The molecular formula is C20H25FN4O2. The van der Waals surface area contributed by atoms with Crippen molar-refractivity contribution in [3.05, 3.63) is 54.0 Å². The van der Waals surface area contributed by atoms with E-state index in [0.29, 0.717) is 18.3 Å². The number of piperidine rings is 1. The van der Waals surface area contributed by atoms with Crippen LogP contribution in [0.4, 0.5) is 20.7 Å². The normalized spacial score (nSPS) is 16.8. The molecular weight excluding hydrogens is 347 g/mol. The van der Waals surface area contributed by atoms with Gasteiger partial charge < -0.3 is 20.6 Å². The van der Waals surface area contributed by atoms with Crippen molar-refractivity contribution in [2.45, 2.75) is 38.3 Å². The van der Waals surface area contributed by atoms with Gasteiger partial charge in [-0.3, -0.25) is 0 Å². The van der Waals surface area contributed by atoms with Crippen LogP contribution < -0.4 is 15.5 Å². The smallest absolute Gasteiger partial charge is 0.319 e. The largest absolute Gasteiger partial charge is 0.396 e. The number of nitrogens with zero attached hydrogens (tertiary/aromatic N) is 2. The molecule has 2 aromatic rings. The van der Waals surface area contributed by atoms with E-state index in [-0.39, 0.29) is 18.5 Å². The number of rotatable bonds is 6. The maximum Gasteiger partial charge on any atom is 0.319 e. The molecule has 1 atom stereocenters. The van der Waals surface area contributed by atoms with Crippen molar-refractivity contribution in [3.63, 3.8) is 0 Å². The van der Waals surface area contributed by atoms with Gasteiger partial charge in [-0.2, -0.15) is 0 Å². The highest BCUT2D eigenvalue weighted by molar-refractivity contribution is 5.89. The number of benzene rings is 1. The molecule has 1 aliphatic rings. The van der Waals surface area contributed by atoms with Gasteiger partial charge in [0.1, 0.15) is 11.6 Å². The SMILES string of the molecule is O=C(NCc1ccc(N2CCCC[C@@H]2CCO)nc1)Nc1ccc(F)cc1. The average molecular weight is 372 g/mol. The van der Waals surface area contributed by atoms with E-state index in [1.807, 2.05) is 12.1 Å². The number of amides is 2. The first kappa shape index (κ1) is 19.1. The highest BCUT2D eigenvalue weighted by atomic mass is 19.1. The first-order valence-electron chi connectivity index (χ1n) is 9.28. The number of aromatic nitrogens is 1. The second-order valence-electron chi connectivity index (χ2n) is 6.69. The van der Waals surface area contributed by atoms with Crippen molar-refractivity contribution in [1.82, 2.24) is 10.3 Å². The molecule has 0 radical (unpaired) electrons. The van der Waals surface area contributed by atoms with Crippen molar-refractivity contribution in [2.75, 3.05) is 23.4 Å². The van der Waals surface area contributed by atoms with Gasteiger partial charge in [0.2, 0.25) is 0 Å². The molecule has 3 rings (SSSR count). The summed E-state index contributed by atoms with van der Waals surface area (Å²) >= 11 is 0. The zero-order chi connectivity index (χ0) is 19.1. The fourth-order valence-corrected chi connectivity index (χ4v) is 3.33. The average Bonchev–Trinajstić information content (AvgIpc) is 2.69. The number of aliphatic hydroxyl groups is 1. The van der Waals surface area contributed by atoms with Crippen LogP contribution in [0, 0.1) is 5.82 Å². The molecule has 0 saturated carbocycles. The number of halogens is 1. The monoisotopic (exact) mass is 372 g/mol. The number of carbonyl (C=O) groups is 1. The van der Waals surface area contributed by atoms with Crippen LogP contribution in [0.25, 0.3) is 0 Å². The maximum absolute atomic E-state index is 12.9. The van der Waals surface area contributed by atoms with E-state index < -0.39 is 0 Å². The fourth-order valence-electron chi connectivity index (χ4n) is 3.33. The van der Waals surface area contributed by atoms with Gasteiger partial charge in [-0.15, -0.1) is 0 Å². The number of carbonyl (C=O) groups excluding carboxylic acids is 1. The van der Waals surface area contributed by atoms with E-state index in [0.717, 1.165) is 37.2 Å². The topological polar surface area (TPSA) is 77.5 Å². The molecule has 1 aromatic carbocycles. The summed E-state index contributed by atoms with van der Waals surface area (Å²) < 4.78 is 12.9. The van der Waals surface area contributed by atoms with Crippen molar-refractivity contribution < 1.29 is 14.3 Å². The molecule has 1 saturated heterocycles. The minimum Gasteiger partial charge on any atom is -0.396 e. The molecule has 0 bridgehead atoms. The second kappa shape index (κ2) is 9.32. The zero-order valence-electron chi connectivity index (χ0n) is 15.2. The lowest BCUT2D eigenvalue weighted by Gasteiger charge is -2.36. The summed E-state index contributed by atoms with van der Waals surface area (Å²) in [7, 11) is 0. The molecule has 7 heteroatoms. The van der Waals surface area contributed by atoms with Crippen LogP contribution in [0.5, 0.6) is 0 Å². The third kappa shape index (κ3) is 5.40. The Hall–Kier alpha value is -2.67. The molecule has 1 aromatic heterocycles. The van der Waals surface area contributed by atoms with Gasteiger partial charge in [-0.25, -0.2) is 14.2 Å². The number of hydrogen-bond acceptors (Lipinski definition) is 4. The minimum absolute atomic E-state index is 0.187. The van der Waals surface area contributed by atoms with Gasteiger partial charge >= 0.3 is 6.03 Å². The van der Waals surface area contributed by atoms with Crippen LogP contribution >= 0.6 is 0 Å². The van der Waals surface area contributed by atoms with Gasteiger partial charge in [-0.1, -0.05) is 6.07 Å². The Morgan fingerprint density at radius 3 is 2.74 bits per heavy atom. The quantitative estimate of drug-likeness (QED) is 0.727. The lowest BCUT2D eigenvalue weighted by molar-refractivity contribution is 0.251. The summed E-state index contributed by atoms with van der Waals surface area (Å²) in [4.78, 5) is 18.7. The van der Waals surface area contributed by atoms with Gasteiger partial charge in [-0.05, 0) is 61.6 Å². The first-order chi connectivity index (χ1) is 13.2. The van der Waals surface area contributed by atoms with Crippen LogP contribution in [-0.4, -0.2) is 35.3 Å². The zero-order valence-corrected chi connectivity index (χ0v) is 15.2. The van der Waals surface area contributed by atoms with E-state index in [9.17, 15) is 14.3 Å². The Morgan fingerprint density at radius 1 is 1.22 bits per heavy atom. The molecule has 0 unspecified atom stereocenters.